The normalized spacial score (nSPS) is 19.1. The quantitative estimate of drug-likeness (QED) is 0.831. The highest BCUT2D eigenvalue weighted by molar-refractivity contribution is 8.14. The molecule has 1 saturated heterocycles. The maximum atomic E-state index is 13.3. The van der Waals surface area contributed by atoms with Gasteiger partial charge >= 0.3 is 0 Å². The van der Waals surface area contributed by atoms with Gasteiger partial charge in [0.2, 0.25) is 0 Å². The smallest absolute Gasteiger partial charge is 0.179 e. The van der Waals surface area contributed by atoms with Gasteiger partial charge in [-0.2, -0.15) is 0 Å². The molecule has 1 N–H and O–H groups in total. The Morgan fingerprint density at radius 1 is 1.39 bits per heavy atom. The van der Waals surface area contributed by atoms with Crippen molar-refractivity contribution >= 4 is 45.8 Å². The molecular formula is C16H15FN4S2. The van der Waals surface area contributed by atoms with E-state index < -0.39 is 0 Å². The van der Waals surface area contributed by atoms with E-state index in [1.807, 2.05) is 23.1 Å². The number of nitrogens with zero attached hydrogens (tertiary/aromatic N) is 3. The second-order valence-corrected chi connectivity index (χ2v) is 6.85. The van der Waals surface area contributed by atoms with E-state index in [1.54, 1.807) is 30.1 Å². The van der Waals surface area contributed by atoms with Crippen LogP contribution in [0.4, 0.5) is 15.9 Å². The molecule has 23 heavy (non-hydrogen) atoms. The number of hydrogen-bond acceptors (Lipinski definition) is 4. The number of amidine groups is 1. The Balaban J connectivity index is 1.79. The lowest BCUT2D eigenvalue weighted by atomic mass is 10.3. The van der Waals surface area contributed by atoms with Crippen LogP contribution >= 0.6 is 24.0 Å². The number of hydrogen-bond donors (Lipinski definition) is 1. The first kappa shape index (κ1) is 15.9. The second kappa shape index (κ2) is 7.06. The topological polar surface area (TPSA) is 40.5 Å². The zero-order valence-electron chi connectivity index (χ0n) is 12.4. The summed E-state index contributed by atoms with van der Waals surface area (Å²) in [5.41, 5.74) is 0.622. The van der Waals surface area contributed by atoms with E-state index in [2.05, 4.69) is 22.2 Å². The predicted molar refractivity (Wildman–Crippen MR) is 97.7 cm³/mol. The highest BCUT2D eigenvalue weighted by Crippen LogP contribution is 2.28. The van der Waals surface area contributed by atoms with Crippen molar-refractivity contribution in [3.05, 3.63) is 54.5 Å². The van der Waals surface area contributed by atoms with Gasteiger partial charge < -0.3 is 5.32 Å². The first-order valence-electron chi connectivity index (χ1n) is 7.12. The molecule has 2 aromatic rings. The molecule has 118 valence electrons. The number of thioether (sulfide) groups is 1. The van der Waals surface area contributed by atoms with Gasteiger partial charge in [-0.3, -0.25) is 4.90 Å². The predicted octanol–water partition coefficient (Wildman–Crippen LogP) is 4.04. The van der Waals surface area contributed by atoms with Gasteiger partial charge in [0.1, 0.15) is 5.82 Å². The Labute approximate surface area is 143 Å². The summed E-state index contributed by atoms with van der Waals surface area (Å²) in [4.78, 5) is 10.7. The molecule has 1 aromatic heterocycles. The molecule has 1 aliphatic rings. The molecule has 0 saturated carbocycles. The molecule has 7 heteroatoms. The number of rotatable bonds is 2. The molecule has 4 nitrogen and oxygen atoms in total. The molecule has 1 atom stereocenters. The van der Waals surface area contributed by atoms with Gasteiger partial charge in [-0.15, -0.1) is 0 Å². The Morgan fingerprint density at radius 2 is 2.26 bits per heavy atom. The Hall–Kier alpha value is -1.99. The highest BCUT2D eigenvalue weighted by atomic mass is 32.2. The number of anilines is 1. The third kappa shape index (κ3) is 4.05. The van der Waals surface area contributed by atoms with Crippen molar-refractivity contribution in [3.63, 3.8) is 0 Å². The number of pyridine rings is 1. The molecule has 0 bridgehead atoms. The van der Waals surface area contributed by atoms with Gasteiger partial charge in [-0.05, 0) is 42.5 Å². The maximum absolute atomic E-state index is 13.3. The number of aliphatic imine (C=N–C) groups is 1. The van der Waals surface area contributed by atoms with Crippen molar-refractivity contribution in [2.45, 2.75) is 12.2 Å². The van der Waals surface area contributed by atoms with Gasteiger partial charge in [0, 0.05) is 23.7 Å². The van der Waals surface area contributed by atoms with Crippen LogP contribution in [0.2, 0.25) is 0 Å². The van der Waals surface area contributed by atoms with Gasteiger partial charge in [-0.25, -0.2) is 14.4 Å². The van der Waals surface area contributed by atoms with Crippen LogP contribution in [0.25, 0.3) is 0 Å². The second-order valence-electron chi connectivity index (χ2n) is 5.06. The van der Waals surface area contributed by atoms with E-state index >= 15 is 0 Å². The lowest BCUT2D eigenvalue weighted by Crippen LogP contribution is -2.36. The lowest BCUT2D eigenvalue weighted by molar-refractivity contribution is 0.627. The fraction of sp³-hybridized carbons (Fsp3) is 0.188. The number of nitrogens with one attached hydrogen (secondary N) is 1. The zero-order valence-corrected chi connectivity index (χ0v) is 14.1. The number of aromatic nitrogens is 1. The zero-order chi connectivity index (χ0) is 16.2. The molecule has 1 fully saturated rings. The molecule has 1 aliphatic heterocycles. The molecule has 0 spiro atoms. The van der Waals surface area contributed by atoms with Crippen molar-refractivity contribution in [1.29, 1.82) is 0 Å². The largest absolute Gasteiger partial charge is 0.332 e. The third-order valence-corrected chi connectivity index (χ3v) is 4.55. The molecule has 1 unspecified atom stereocenters. The third-order valence-electron chi connectivity index (χ3n) is 3.16. The summed E-state index contributed by atoms with van der Waals surface area (Å²) in [5, 5.41) is 4.73. The van der Waals surface area contributed by atoms with Crippen LogP contribution in [-0.4, -0.2) is 32.0 Å². The summed E-state index contributed by atoms with van der Waals surface area (Å²) >= 11 is 7.11. The minimum Gasteiger partial charge on any atom is -0.332 e. The maximum Gasteiger partial charge on any atom is 0.179 e. The number of benzene rings is 1. The van der Waals surface area contributed by atoms with Gasteiger partial charge in [0.25, 0.3) is 0 Å². The summed E-state index contributed by atoms with van der Waals surface area (Å²) in [5.74, 6) is 0.340. The van der Waals surface area contributed by atoms with Gasteiger partial charge in [0.15, 0.2) is 16.1 Å². The molecule has 2 heterocycles. The number of halogens is 1. The van der Waals surface area contributed by atoms with Crippen molar-refractivity contribution in [3.8, 4) is 0 Å². The molecular weight excluding hydrogens is 331 g/mol. The van der Waals surface area contributed by atoms with E-state index in [9.17, 15) is 4.39 Å². The van der Waals surface area contributed by atoms with Crippen LogP contribution in [0.5, 0.6) is 0 Å². The van der Waals surface area contributed by atoms with E-state index in [1.165, 1.54) is 12.1 Å². The first-order chi connectivity index (χ1) is 11.1. The molecule has 0 amide bonds. The van der Waals surface area contributed by atoms with Gasteiger partial charge in [0.05, 0.1) is 0 Å². The fourth-order valence-corrected chi connectivity index (χ4v) is 3.51. The molecule has 1 aromatic carbocycles. The molecule has 3 rings (SSSR count). The van der Waals surface area contributed by atoms with E-state index in [0.29, 0.717) is 21.9 Å². The van der Waals surface area contributed by atoms with Crippen LogP contribution in [0.1, 0.15) is 6.92 Å². The van der Waals surface area contributed by atoms with Crippen LogP contribution < -0.4 is 5.32 Å². The van der Waals surface area contributed by atoms with Gasteiger partial charge in [-0.1, -0.05) is 30.8 Å². The van der Waals surface area contributed by atoms with Crippen LogP contribution in [0, 0.1) is 5.82 Å². The summed E-state index contributed by atoms with van der Waals surface area (Å²) in [6, 6.07) is 11.8. The van der Waals surface area contributed by atoms with Crippen molar-refractivity contribution < 1.29 is 4.39 Å². The fourth-order valence-electron chi connectivity index (χ4n) is 2.15. The minimum atomic E-state index is -0.302. The lowest BCUT2D eigenvalue weighted by Gasteiger charge is -2.20. The van der Waals surface area contributed by atoms with Crippen molar-refractivity contribution in [1.82, 2.24) is 9.88 Å². The summed E-state index contributed by atoms with van der Waals surface area (Å²) < 4.78 is 13.3. The standard InChI is InChI=1S/C16H15FN4S2/c1-11-10-21(15(22)19-13-6-4-5-12(17)9-13)16(23-11)20-14-7-2-3-8-18-14/h2-9,11H,10H2,1H3,(H,19,22)/b20-16+. The van der Waals surface area contributed by atoms with Crippen LogP contribution in [0.15, 0.2) is 53.7 Å². The van der Waals surface area contributed by atoms with E-state index in [4.69, 9.17) is 12.2 Å². The summed E-state index contributed by atoms with van der Waals surface area (Å²) in [7, 11) is 0. The van der Waals surface area contributed by atoms with Crippen LogP contribution in [-0.2, 0) is 0 Å². The average Bonchev–Trinajstić information content (AvgIpc) is 2.89. The monoisotopic (exact) mass is 346 g/mol. The molecule has 0 radical (unpaired) electrons. The van der Waals surface area contributed by atoms with Crippen LogP contribution in [0.3, 0.4) is 0 Å². The highest BCUT2D eigenvalue weighted by Gasteiger charge is 2.29. The average molecular weight is 346 g/mol. The number of thiocarbonyl (C=S) groups is 1. The van der Waals surface area contributed by atoms with Crippen molar-refractivity contribution in [2.75, 3.05) is 11.9 Å². The minimum absolute atomic E-state index is 0.302. The summed E-state index contributed by atoms with van der Waals surface area (Å²) in [6.45, 7) is 2.86. The Morgan fingerprint density at radius 3 is 3.00 bits per heavy atom. The Bertz CT molecular complexity index is 736. The Kier molecular flexibility index (Phi) is 4.88. The van der Waals surface area contributed by atoms with E-state index in [0.717, 1.165) is 11.7 Å². The first-order valence-corrected chi connectivity index (χ1v) is 8.41. The molecule has 0 aliphatic carbocycles. The van der Waals surface area contributed by atoms with Crippen molar-refractivity contribution in [2.24, 2.45) is 4.99 Å². The SMILES string of the molecule is CC1CN(C(=S)Nc2cccc(F)c2)/C(=N\c2ccccn2)S1. The summed E-state index contributed by atoms with van der Waals surface area (Å²) in [6.07, 6.45) is 1.70. The van der Waals surface area contributed by atoms with E-state index in [-0.39, 0.29) is 5.82 Å².